The molecule has 0 heterocycles. The molecule has 0 aromatic heterocycles. The molecule has 0 saturated heterocycles. The molecule has 9 heteroatoms. The molecule has 2 rings (SSSR count). The lowest BCUT2D eigenvalue weighted by atomic mass is 10.1. The molecule has 0 aliphatic carbocycles. The molecule has 0 radical (unpaired) electrons. The Morgan fingerprint density at radius 3 is 2.16 bits per heavy atom. The number of carbonyl (C=O) groups is 1. The number of benzene rings is 2. The summed E-state index contributed by atoms with van der Waals surface area (Å²) >= 11 is 0. The third-order valence-corrected chi connectivity index (χ3v) is 3.98. The maximum atomic E-state index is 12.9. The SMILES string of the molecule is CS(=O)(=O)Cc1ccc(NC(=O)Nc2ccccc2C(F)(F)F)cc1. The Hall–Kier alpha value is -2.55. The first-order chi connectivity index (χ1) is 11.5. The van der Waals surface area contributed by atoms with E-state index < -0.39 is 27.6 Å². The Morgan fingerprint density at radius 2 is 1.60 bits per heavy atom. The van der Waals surface area contributed by atoms with Crippen LogP contribution < -0.4 is 10.6 Å². The summed E-state index contributed by atoms with van der Waals surface area (Å²) in [6.07, 6.45) is -3.48. The van der Waals surface area contributed by atoms with Gasteiger partial charge in [-0.3, -0.25) is 0 Å². The van der Waals surface area contributed by atoms with E-state index in [0.29, 0.717) is 11.3 Å². The lowest BCUT2D eigenvalue weighted by molar-refractivity contribution is -0.136. The first-order valence-electron chi connectivity index (χ1n) is 7.05. The zero-order valence-electron chi connectivity index (χ0n) is 13.1. The van der Waals surface area contributed by atoms with Gasteiger partial charge in [0.15, 0.2) is 9.84 Å². The number of anilines is 2. The van der Waals surface area contributed by atoms with Gasteiger partial charge in [0.2, 0.25) is 0 Å². The van der Waals surface area contributed by atoms with Gasteiger partial charge in [-0.15, -0.1) is 0 Å². The van der Waals surface area contributed by atoms with E-state index in [4.69, 9.17) is 0 Å². The molecule has 134 valence electrons. The van der Waals surface area contributed by atoms with Crippen LogP contribution in [-0.2, 0) is 21.8 Å². The number of alkyl halides is 3. The standard InChI is InChI=1S/C16H15F3N2O3S/c1-25(23,24)10-11-6-8-12(9-7-11)20-15(22)21-14-5-3-2-4-13(14)16(17,18)19/h2-9H,10H2,1H3,(H2,20,21,22). The van der Waals surface area contributed by atoms with Crippen LogP contribution >= 0.6 is 0 Å². The smallest absolute Gasteiger partial charge is 0.308 e. The highest BCUT2D eigenvalue weighted by atomic mass is 32.2. The highest BCUT2D eigenvalue weighted by Crippen LogP contribution is 2.34. The normalized spacial score (nSPS) is 11.8. The van der Waals surface area contributed by atoms with Gasteiger partial charge < -0.3 is 10.6 Å². The first kappa shape index (κ1) is 18.8. The number of halogens is 3. The predicted molar refractivity (Wildman–Crippen MR) is 89.1 cm³/mol. The monoisotopic (exact) mass is 372 g/mol. The molecule has 2 N–H and O–H groups in total. The molecule has 2 aromatic rings. The van der Waals surface area contributed by atoms with Gasteiger partial charge >= 0.3 is 12.2 Å². The van der Waals surface area contributed by atoms with Crippen molar-refractivity contribution in [3.63, 3.8) is 0 Å². The maximum Gasteiger partial charge on any atom is 0.418 e. The van der Waals surface area contributed by atoms with E-state index in [1.54, 1.807) is 0 Å². The lowest BCUT2D eigenvalue weighted by Gasteiger charge is -2.14. The van der Waals surface area contributed by atoms with Gasteiger partial charge in [-0.1, -0.05) is 24.3 Å². The highest BCUT2D eigenvalue weighted by Gasteiger charge is 2.33. The van der Waals surface area contributed by atoms with Crippen LogP contribution in [-0.4, -0.2) is 20.7 Å². The Labute approximate surface area is 142 Å². The summed E-state index contributed by atoms with van der Waals surface area (Å²) in [7, 11) is -3.18. The zero-order chi connectivity index (χ0) is 18.7. The topological polar surface area (TPSA) is 75.3 Å². The van der Waals surface area contributed by atoms with Crippen LogP contribution in [0.25, 0.3) is 0 Å². The van der Waals surface area contributed by atoms with E-state index in [2.05, 4.69) is 10.6 Å². The van der Waals surface area contributed by atoms with Crippen molar-refractivity contribution in [2.24, 2.45) is 0 Å². The Morgan fingerprint density at radius 1 is 1.00 bits per heavy atom. The molecule has 2 aromatic carbocycles. The van der Waals surface area contributed by atoms with Crippen molar-refractivity contribution < 1.29 is 26.4 Å². The summed E-state index contributed by atoms with van der Waals surface area (Å²) < 4.78 is 61.1. The average molecular weight is 372 g/mol. The van der Waals surface area contributed by atoms with Crippen molar-refractivity contribution in [1.82, 2.24) is 0 Å². The van der Waals surface area contributed by atoms with Crippen LogP contribution in [0.2, 0.25) is 0 Å². The van der Waals surface area contributed by atoms with E-state index in [1.807, 2.05) is 0 Å². The molecule has 0 spiro atoms. The van der Waals surface area contributed by atoms with Crippen molar-refractivity contribution in [3.05, 3.63) is 59.7 Å². The van der Waals surface area contributed by atoms with Crippen LogP contribution in [0.15, 0.2) is 48.5 Å². The Kier molecular flexibility index (Phi) is 5.36. The number of sulfone groups is 1. The van der Waals surface area contributed by atoms with Gasteiger partial charge in [0, 0.05) is 11.9 Å². The van der Waals surface area contributed by atoms with E-state index in [0.717, 1.165) is 18.4 Å². The van der Waals surface area contributed by atoms with Crippen molar-refractivity contribution in [2.75, 3.05) is 16.9 Å². The summed E-state index contributed by atoms with van der Waals surface area (Å²) in [6.45, 7) is 0. The fraction of sp³-hybridized carbons (Fsp3) is 0.188. The Bertz CT molecular complexity index is 863. The minimum atomic E-state index is -4.59. The van der Waals surface area contributed by atoms with E-state index in [9.17, 15) is 26.4 Å². The molecule has 25 heavy (non-hydrogen) atoms. The molecule has 0 atom stereocenters. The van der Waals surface area contributed by atoms with Gasteiger partial charge in [0.05, 0.1) is 17.0 Å². The van der Waals surface area contributed by atoms with Crippen molar-refractivity contribution in [3.8, 4) is 0 Å². The number of para-hydroxylation sites is 1. The van der Waals surface area contributed by atoms with Gasteiger partial charge in [-0.2, -0.15) is 13.2 Å². The highest BCUT2D eigenvalue weighted by molar-refractivity contribution is 7.89. The summed E-state index contributed by atoms with van der Waals surface area (Å²) in [5, 5.41) is 4.54. The second-order valence-electron chi connectivity index (χ2n) is 5.39. The second kappa shape index (κ2) is 7.14. The fourth-order valence-corrected chi connectivity index (χ4v) is 2.91. The molecule has 0 aliphatic rings. The number of urea groups is 1. The van der Waals surface area contributed by atoms with Gasteiger partial charge in [0.25, 0.3) is 0 Å². The summed E-state index contributed by atoms with van der Waals surface area (Å²) in [4.78, 5) is 11.9. The van der Waals surface area contributed by atoms with E-state index in [-0.39, 0.29) is 11.4 Å². The number of rotatable bonds is 4. The van der Waals surface area contributed by atoms with Crippen LogP contribution in [0.3, 0.4) is 0 Å². The summed E-state index contributed by atoms with van der Waals surface area (Å²) in [5.41, 5.74) is -0.454. The third kappa shape index (κ3) is 5.79. The number of amides is 2. The quantitative estimate of drug-likeness (QED) is 0.855. The van der Waals surface area contributed by atoms with E-state index in [1.165, 1.54) is 36.4 Å². The third-order valence-electron chi connectivity index (χ3n) is 3.12. The summed E-state index contributed by atoms with van der Waals surface area (Å²) in [5.74, 6) is -0.140. The van der Waals surface area contributed by atoms with Crippen LogP contribution in [0.1, 0.15) is 11.1 Å². The van der Waals surface area contributed by atoms with Crippen molar-refractivity contribution in [2.45, 2.75) is 11.9 Å². The second-order valence-corrected chi connectivity index (χ2v) is 7.53. The minimum Gasteiger partial charge on any atom is -0.308 e. The van der Waals surface area contributed by atoms with Gasteiger partial charge in [-0.25, -0.2) is 13.2 Å². The minimum absolute atomic E-state index is 0.140. The van der Waals surface area contributed by atoms with Crippen molar-refractivity contribution >= 4 is 27.2 Å². The van der Waals surface area contributed by atoms with Gasteiger partial charge in [-0.05, 0) is 29.8 Å². The van der Waals surface area contributed by atoms with E-state index >= 15 is 0 Å². The molecule has 0 unspecified atom stereocenters. The molecule has 2 amide bonds. The molecule has 0 aliphatic heterocycles. The van der Waals surface area contributed by atoms with Crippen LogP contribution in [0.4, 0.5) is 29.3 Å². The number of nitrogens with one attached hydrogen (secondary N) is 2. The number of hydrogen-bond acceptors (Lipinski definition) is 3. The van der Waals surface area contributed by atoms with Gasteiger partial charge in [0.1, 0.15) is 0 Å². The number of hydrogen-bond donors (Lipinski definition) is 2. The molecule has 5 nitrogen and oxygen atoms in total. The maximum absolute atomic E-state index is 12.9. The molecule has 0 saturated carbocycles. The molecular formula is C16H15F3N2O3S. The lowest BCUT2D eigenvalue weighted by Crippen LogP contribution is -2.21. The predicted octanol–water partition coefficient (Wildman–Crippen LogP) is 3.89. The molecule has 0 bridgehead atoms. The van der Waals surface area contributed by atoms with Crippen LogP contribution in [0.5, 0.6) is 0 Å². The molecule has 0 fully saturated rings. The average Bonchev–Trinajstić information content (AvgIpc) is 2.47. The van der Waals surface area contributed by atoms with Crippen LogP contribution in [0, 0.1) is 0 Å². The zero-order valence-corrected chi connectivity index (χ0v) is 13.9. The number of carbonyl (C=O) groups excluding carboxylic acids is 1. The van der Waals surface area contributed by atoms with Crippen molar-refractivity contribution in [1.29, 1.82) is 0 Å². The largest absolute Gasteiger partial charge is 0.418 e. The fourth-order valence-electron chi connectivity index (χ4n) is 2.11. The summed E-state index contributed by atoms with van der Waals surface area (Å²) in [6, 6.07) is 9.75. The molecular weight excluding hydrogens is 357 g/mol. The Balaban J connectivity index is 2.06. The first-order valence-corrected chi connectivity index (χ1v) is 9.11.